The first-order valence-corrected chi connectivity index (χ1v) is 7.55. The maximum atomic E-state index is 5.41. The number of fused-ring (bicyclic) bond motifs is 1. The molecule has 4 heteroatoms. The molecule has 22 heavy (non-hydrogen) atoms. The second kappa shape index (κ2) is 6.71. The van der Waals surface area contributed by atoms with Gasteiger partial charge < -0.3 is 14.8 Å². The van der Waals surface area contributed by atoms with Gasteiger partial charge in [-0.1, -0.05) is 18.2 Å². The molecule has 1 aliphatic rings. The first-order valence-electron chi connectivity index (χ1n) is 7.55. The second-order valence-corrected chi connectivity index (χ2v) is 5.48. The van der Waals surface area contributed by atoms with E-state index in [1.807, 2.05) is 18.2 Å². The van der Waals surface area contributed by atoms with Gasteiger partial charge in [0, 0.05) is 18.8 Å². The van der Waals surface area contributed by atoms with Crippen LogP contribution in [0.1, 0.15) is 11.1 Å². The van der Waals surface area contributed by atoms with Crippen molar-refractivity contribution in [1.82, 2.24) is 4.90 Å². The summed E-state index contributed by atoms with van der Waals surface area (Å²) < 4.78 is 10.8. The lowest BCUT2D eigenvalue weighted by atomic mass is 9.99. The lowest BCUT2D eigenvalue weighted by Gasteiger charge is -2.29. The minimum absolute atomic E-state index is 0.805. The van der Waals surface area contributed by atoms with E-state index in [0.717, 1.165) is 43.4 Å². The molecule has 0 amide bonds. The van der Waals surface area contributed by atoms with Gasteiger partial charge in [0.2, 0.25) is 0 Å². The average molecular weight is 298 g/mol. The SMILES string of the molecule is COc1cc2c(cc1OC)CN(CNc1ccccc1)CC2. The topological polar surface area (TPSA) is 33.7 Å². The third-order valence-electron chi connectivity index (χ3n) is 4.08. The largest absolute Gasteiger partial charge is 0.493 e. The molecule has 1 aliphatic heterocycles. The molecule has 0 fully saturated rings. The van der Waals surface area contributed by atoms with Crippen molar-refractivity contribution in [2.24, 2.45) is 0 Å². The molecule has 3 rings (SSSR count). The molecule has 0 saturated heterocycles. The van der Waals surface area contributed by atoms with Crippen molar-refractivity contribution in [3.05, 3.63) is 53.6 Å². The van der Waals surface area contributed by atoms with Crippen molar-refractivity contribution in [1.29, 1.82) is 0 Å². The van der Waals surface area contributed by atoms with Gasteiger partial charge in [-0.05, 0) is 41.8 Å². The zero-order valence-corrected chi connectivity index (χ0v) is 13.1. The molecule has 0 bridgehead atoms. The summed E-state index contributed by atoms with van der Waals surface area (Å²) in [5.74, 6) is 1.62. The fourth-order valence-corrected chi connectivity index (χ4v) is 2.84. The van der Waals surface area contributed by atoms with Crippen LogP contribution in [0.4, 0.5) is 5.69 Å². The Kier molecular flexibility index (Phi) is 4.49. The van der Waals surface area contributed by atoms with Gasteiger partial charge in [0.25, 0.3) is 0 Å². The summed E-state index contributed by atoms with van der Waals surface area (Å²) in [5, 5.41) is 3.47. The summed E-state index contributed by atoms with van der Waals surface area (Å²) in [5.41, 5.74) is 3.83. The Bertz CT molecular complexity index is 628. The number of ether oxygens (including phenoxy) is 2. The van der Waals surface area contributed by atoms with E-state index in [4.69, 9.17) is 9.47 Å². The van der Waals surface area contributed by atoms with Crippen molar-refractivity contribution in [2.45, 2.75) is 13.0 Å². The van der Waals surface area contributed by atoms with Crippen molar-refractivity contribution in [3.63, 3.8) is 0 Å². The standard InChI is InChI=1S/C18H22N2O2/c1-21-17-10-14-8-9-20(12-15(14)11-18(17)22-2)13-19-16-6-4-3-5-7-16/h3-7,10-11,19H,8-9,12-13H2,1-2H3. The fourth-order valence-electron chi connectivity index (χ4n) is 2.84. The summed E-state index contributed by atoms with van der Waals surface area (Å²) in [4.78, 5) is 2.40. The second-order valence-electron chi connectivity index (χ2n) is 5.48. The lowest BCUT2D eigenvalue weighted by Crippen LogP contribution is -2.34. The Morgan fingerprint density at radius 2 is 1.68 bits per heavy atom. The van der Waals surface area contributed by atoms with Crippen molar-refractivity contribution in [2.75, 3.05) is 32.7 Å². The summed E-state index contributed by atoms with van der Waals surface area (Å²) in [6.07, 6.45) is 1.03. The highest BCUT2D eigenvalue weighted by Crippen LogP contribution is 2.33. The molecule has 0 spiro atoms. The van der Waals surface area contributed by atoms with Crippen LogP contribution in [0.3, 0.4) is 0 Å². The van der Waals surface area contributed by atoms with Crippen LogP contribution in [0.25, 0.3) is 0 Å². The van der Waals surface area contributed by atoms with E-state index >= 15 is 0 Å². The first kappa shape index (κ1) is 14.7. The van der Waals surface area contributed by atoms with E-state index in [1.165, 1.54) is 11.1 Å². The summed E-state index contributed by atoms with van der Waals surface area (Å²) in [6.45, 7) is 2.82. The molecule has 116 valence electrons. The van der Waals surface area contributed by atoms with Crippen LogP contribution < -0.4 is 14.8 Å². The number of para-hydroxylation sites is 1. The van der Waals surface area contributed by atoms with Crippen molar-refractivity contribution < 1.29 is 9.47 Å². The molecule has 0 unspecified atom stereocenters. The summed E-state index contributed by atoms with van der Waals surface area (Å²) >= 11 is 0. The number of hydrogen-bond acceptors (Lipinski definition) is 4. The number of nitrogens with one attached hydrogen (secondary N) is 1. The predicted octanol–water partition coefficient (Wildman–Crippen LogP) is 3.13. The normalized spacial score (nSPS) is 14.3. The van der Waals surface area contributed by atoms with E-state index in [0.29, 0.717) is 0 Å². The van der Waals surface area contributed by atoms with Gasteiger partial charge in [0.1, 0.15) is 0 Å². The molecule has 2 aromatic rings. The Morgan fingerprint density at radius 3 is 2.36 bits per heavy atom. The van der Waals surface area contributed by atoms with E-state index in [-0.39, 0.29) is 0 Å². The zero-order valence-electron chi connectivity index (χ0n) is 13.1. The fraction of sp³-hybridized carbons (Fsp3) is 0.333. The van der Waals surface area contributed by atoms with Crippen LogP contribution in [0.2, 0.25) is 0 Å². The number of anilines is 1. The number of rotatable bonds is 5. The molecular weight excluding hydrogens is 276 g/mol. The van der Waals surface area contributed by atoms with E-state index in [9.17, 15) is 0 Å². The van der Waals surface area contributed by atoms with Gasteiger partial charge in [-0.15, -0.1) is 0 Å². The number of hydrogen-bond donors (Lipinski definition) is 1. The van der Waals surface area contributed by atoms with Crippen LogP contribution in [0.5, 0.6) is 11.5 Å². The highest BCUT2D eigenvalue weighted by atomic mass is 16.5. The number of methoxy groups -OCH3 is 2. The van der Waals surface area contributed by atoms with Gasteiger partial charge in [-0.2, -0.15) is 0 Å². The monoisotopic (exact) mass is 298 g/mol. The minimum Gasteiger partial charge on any atom is -0.493 e. The maximum absolute atomic E-state index is 5.41. The quantitative estimate of drug-likeness (QED) is 0.919. The van der Waals surface area contributed by atoms with Crippen LogP contribution in [0, 0.1) is 0 Å². The van der Waals surface area contributed by atoms with Crippen LogP contribution in [-0.2, 0) is 13.0 Å². The van der Waals surface area contributed by atoms with Crippen molar-refractivity contribution >= 4 is 5.69 Å². The summed E-state index contributed by atoms with van der Waals surface area (Å²) in [6, 6.07) is 14.5. The molecule has 1 heterocycles. The number of benzene rings is 2. The predicted molar refractivity (Wildman–Crippen MR) is 88.6 cm³/mol. The molecule has 0 atom stereocenters. The van der Waals surface area contributed by atoms with Gasteiger partial charge >= 0.3 is 0 Å². The van der Waals surface area contributed by atoms with E-state index < -0.39 is 0 Å². The van der Waals surface area contributed by atoms with Gasteiger partial charge in [0.05, 0.1) is 20.9 Å². The maximum Gasteiger partial charge on any atom is 0.161 e. The van der Waals surface area contributed by atoms with E-state index in [1.54, 1.807) is 14.2 Å². The minimum atomic E-state index is 0.805. The number of nitrogens with zero attached hydrogens (tertiary/aromatic N) is 1. The Morgan fingerprint density at radius 1 is 1.00 bits per heavy atom. The molecule has 0 radical (unpaired) electrons. The van der Waals surface area contributed by atoms with Crippen molar-refractivity contribution in [3.8, 4) is 11.5 Å². The molecule has 0 saturated carbocycles. The summed E-state index contributed by atoms with van der Waals surface area (Å²) in [7, 11) is 3.37. The first-order chi connectivity index (χ1) is 10.8. The average Bonchev–Trinajstić information content (AvgIpc) is 2.59. The van der Waals surface area contributed by atoms with Gasteiger partial charge in [-0.3, -0.25) is 4.90 Å². The highest BCUT2D eigenvalue weighted by Gasteiger charge is 2.19. The molecular formula is C18H22N2O2. The molecule has 0 aromatic heterocycles. The van der Waals surface area contributed by atoms with Crippen LogP contribution >= 0.6 is 0 Å². The molecule has 4 nitrogen and oxygen atoms in total. The Labute approximate surface area is 131 Å². The third-order valence-corrected chi connectivity index (χ3v) is 4.08. The third kappa shape index (κ3) is 3.17. The lowest BCUT2D eigenvalue weighted by molar-refractivity contribution is 0.270. The Hall–Kier alpha value is -2.20. The molecule has 1 N–H and O–H groups in total. The smallest absolute Gasteiger partial charge is 0.161 e. The van der Waals surface area contributed by atoms with Crippen LogP contribution in [0.15, 0.2) is 42.5 Å². The van der Waals surface area contributed by atoms with Crippen LogP contribution in [-0.4, -0.2) is 32.3 Å². The highest BCUT2D eigenvalue weighted by molar-refractivity contribution is 5.48. The zero-order chi connectivity index (χ0) is 15.4. The Balaban J connectivity index is 1.68. The van der Waals surface area contributed by atoms with Gasteiger partial charge in [0.15, 0.2) is 11.5 Å². The van der Waals surface area contributed by atoms with E-state index in [2.05, 4.69) is 34.5 Å². The van der Waals surface area contributed by atoms with Gasteiger partial charge in [-0.25, -0.2) is 0 Å². The molecule has 2 aromatic carbocycles. The molecule has 0 aliphatic carbocycles.